The lowest BCUT2D eigenvalue weighted by Gasteiger charge is -2.19. The summed E-state index contributed by atoms with van der Waals surface area (Å²) >= 11 is 0. The SMILES string of the molecule is CC(CCCCNC(=O)OC(C)(C)C)C(=O)OCC#Cc1cn([C@H]2CC(O)[C@@H](COP(=O)(O)OP(=O)(O)OP(=O)(O)O)O2)c(=O)nc1N. The smallest absolute Gasteiger partial charge is 0.452 e. The summed E-state index contributed by atoms with van der Waals surface area (Å²) in [5, 5.41) is 13.0. The molecule has 1 fully saturated rings. The molecule has 4 unspecified atom stereocenters. The number of nitrogen functional groups attached to an aromatic ring is 1. The van der Waals surface area contributed by atoms with Gasteiger partial charge in [0.25, 0.3) is 0 Å². The van der Waals surface area contributed by atoms with Crippen molar-refractivity contribution in [1.82, 2.24) is 14.9 Å². The van der Waals surface area contributed by atoms with Gasteiger partial charge in [0.1, 0.15) is 23.8 Å². The number of rotatable bonds is 15. The van der Waals surface area contributed by atoms with Gasteiger partial charge in [-0.2, -0.15) is 13.6 Å². The molecular formula is C24H39N4O17P3. The Bertz CT molecular complexity index is 1560. The van der Waals surface area contributed by atoms with E-state index in [9.17, 15) is 43.0 Å². The van der Waals surface area contributed by atoms with E-state index >= 15 is 0 Å². The molecule has 24 heteroatoms. The Morgan fingerprint density at radius 3 is 2.46 bits per heavy atom. The summed E-state index contributed by atoms with van der Waals surface area (Å²) in [5.74, 6) is 3.99. The third kappa shape index (κ3) is 15.2. The minimum Gasteiger partial charge on any atom is -0.452 e. The number of aliphatic hydroxyl groups is 1. The molecule has 1 aliphatic heterocycles. The molecule has 1 aromatic heterocycles. The number of ether oxygens (including phenoxy) is 3. The maximum Gasteiger partial charge on any atom is 0.490 e. The fraction of sp³-hybridized carbons (Fsp3) is 0.667. The van der Waals surface area contributed by atoms with Gasteiger partial charge >= 0.3 is 41.2 Å². The maximum absolute atomic E-state index is 12.5. The van der Waals surface area contributed by atoms with Crippen molar-refractivity contribution in [2.24, 2.45) is 5.92 Å². The predicted molar refractivity (Wildman–Crippen MR) is 162 cm³/mol. The summed E-state index contributed by atoms with van der Waals surface area (Å²) in [6.45, 7) is 6.07. The third-order valence-electron chi connectivity index (χ3n) is 5.96. The number of esters is 1. The molecule has 0 radical (unpaired) electrons. The van der Waals surface area contributed by atoms with Crippen LogP contribution in [-0.2, 0) is 45.8 Å². The van der Waals surface area contributed by atoms with Crippen LogP contribution in [0.25, 0.3) is 0 Å². The number of nitrogens with two attached hydrogens (primary N) is 1. The first-order chi connectivity index (χ1) is 22.0. The molecule has 1 aromatic rings. The zero-order valence-corrected chi connectivity index (χ0v) is 29.0. The van der Waals surface area contributed by atoms with E-state index in [4.69, 9.17) is 29.7 Å². The number of hydrogen-bond acceptors (Lipinski definition) is 15. The summed E-state index contributed by atoms with van der Waals surface area (Å²) in [6, 6.07) is 0. The van der Waals surface area contributed by atoms with Crippen LogP contribution in [0.1, 0.15) is 65.2 Å². The minimum atomic E-state index is -5.75. The van der Waals surface area contributed by atoms with E-state index in [1.807, 2.05) is 0 Å². The van der Waals surface area contributed by atoms with Crippen molar-refractivity contribution in [2.45, 2.75) is 77.4 Å². The van der Waals surface area contributed by atoms with E-state index in [-0.39, 0.29) is 24.4 Å². The molecule has 1 aliphatic rings. The number of amides is 1. The van der Waals surface area contributed by atoms with Gasteiger partial charge in [0.15, 0.2) is 6.61 Å². The highest BCUT2D eigenvalue weighted by Gasteiger charge is 2.43. The van der Waals surface area contributed by atoms with Crippen molar-refractivity contribution in [2.75, 3.05) is 25.5 Å². The monoisotopic (exact) mass is 748 g/mol. The van der Waals surface area contributed by atoms with Crippen LogP contribution in [0.5, 0.6) is 0 Å². The number of phosphoric ester groups is 1. The fourth-order valence-corrected chi connectivity index (χ4v) is 6.90. The van der Waals surface area contributed by atoms with Gasteiger partial charge in [-0.1, -0.05) is 25.2 Å². The van der Waals surface area contributed by atoms with Gasteiger partial charge in [-0.05, 0) is 33.6 Å². The lowest BCUT2D eigenvalue weighted by Crippen LogP contribution is -2.33. The van der Waals surface area contributed by atoms with Crippen molar-refractivity contribution in [3.8, 4) is 11.8 Å². The van der Waals surface area contributed by atoms with Crippen molar-refractivity contribution in [1.29, 1.82) is 0 Å². The standard InChI is InChI=1S/C24H39N4O17P3/c1-15(8-5-6-10-26-23(32)43-24(2,3)4)21(30)40-11-7-9-16-13-28(22(31)27-20(16)25)19-12-17(29)18(42-19)14-41-47(36,37)45-48(38,39)44-46(33,34)35/h13,15,17-19,29H,5-6,8,10-12,14H2,1-4H3,(H,26,32)(H,36,37)(H,38,39)(H2,25,27,31)(H2,33,34,35)/t15?,17?,18-,19-/m1/s1. The van der Waals surface area contributed by atoms with Gasteiger partial charge in [0, 0.05) is 19.2 Å². The molecule has 1 amide bonds. The molecule has 0 saturated carbocycles. The van der Waals surface area contributed by atoms with Crippen molar-refractivity contribution >= 4 is 41.3 Å². The highest BCUT2D eigenvalue weighted by atomic mass is 31.3. The second kappa shape index (κ2) is 17.3. The Kier molecular flexibility index (Phi) is 15.0. The van der Waals surface area contributed by atoms with Gasteiger partial charge in [-0.25, -0.2) is 23.3 Å². The second-order valence-electron chi connectivity index (χ2n) is 11.3. The van der Waals surface area contributed by atoms with Gasteiger partial charge in [0.2, 0.25) is 0 Å². The molecule has 48 heavy (non-hydrogen) atoms. The van der Waals surface area contributed by atoms with Gasteiger partial charge in [-0.15, -0.1) is 0 Å². The molecule has 8 N–H and O–H groups in total. The van der Waals surface area contributed by atoms with Crippen LogP contribution in [0, 0.1) is 17.8 Å². The van der Waals surface area contributed by atoms with Crippen LogP contribution in [0.15, 0.2) is 11.0 Å². The summed E-state index contributed by atoms with van der Waals surface area (Å²) in [5.41, 5.74) is 4.31. The van der Waals surface area contributed by atoms with Crippen molar-refractivity contribution < 1.29 is 75.3 Å². The summed E-state index contributed by atoms with van der Waals surface area (Å²) in [4.78, 5) is 76.1. The zero-order chi connectivity index (χ0) is 36.5. The molecule has 0 spiro atoms. The molecule has 0 bridgehead atoms. The van der Waals surface area contributed by atoms with E-state index < -0.39 is 77.8 Å². The molecule has 2 rings (SSSR count). The quantitative estimate of drug-likeness (QED) is 0.0570. The Morgan fingerprint density at radius 1 is 1.17 bits per heavy atom. The molecule has 0 aliphatic carbocycles. The first kappa shape index (κ1) is 41.5. The summed E-state index contributed by atoms with van der Waals surface area (Å²) in [6.07, 6.45) is -1.90. The number of alkyl carbamates (subject to hydrolysis) is 1. The number of nitrogens with one attached hydrogen (secondary N) is 1. The van der Waals surface area contributed by atoms with E-state index in [2.05, 4.69) is 35.3 Å². The number of aliphatic hydroxyl groups excluding tert-OH is 1. The number of unbranched alkanes of at least 4 members (excludes halogenated alkanes) is 1. The number of nitrogens with zero attached hydrogens (tertiary/aromatic N) is 2. The van der Waals surface area contributed by atoms with Crippen LogP contribution < -0.4 is 16.7 Å². The molecule has 21 nitrogen and oxygen atoms in total. The highest BCUT2D eigenvalue weighted by Crippen LogP contribution is 2.66. The Hall–Kier alpha value is -2.69. The van der Waals surface area contributed by atoms with Crippen LogP contribution >= 0.6 is 23.5 Å². The van der Waals surface area contributed by atoms with E-state index in [1.165, 1.54) is 0 Å². The zero-order valence-electron chi connectivity index (χ0n) is 26.3. The van der Waals surface area contributed by atoms with E-state index in [1.54, 1.807) is 27.7 Å². The molecule has 2 heterocycles. The average Bonchev–Trinajstić information content (AvgIpc) is 3.27. The van der Waals surface area contributed by atoms with Crippen LogP contribution in [-0.4, -0.2) is 83.9 Å². The number of hydrogen-bond donors (Lipinski definition) is 7. The van der Waals surface area contributed by atoms with E-state index in [0.717, 1.165) is 10.8 Å². The molecule has 1 saturated heterocycles. The molecule has 0 aromatic carbocycles. The largest absolute Gasteiger partial charge is 0.490 e. The first-order valence-corrected chi connectivity index (χ1v) is 18.6. The van der Waals surface area contributed by atoms with Crippen LogP contribution in [0.4, 0.5) is 10.6 Å². The Balaban J connectivity index is 1.89. The van der Waals surface area contributed by atoms with Crippen molar-refractivity contribution in [3.63, 3.8) is 0 Å². The average molecular weight is 749 g/mol. The number of anilines is 1. The highest BCUT2D eigenvalue weighted by molar-refractivity contribution is 7.66. The van der Waals surface area contributed by atoms with Crippen LogP contribution in [0.3, 0.4) is 0 Å². The van der Waals surface area contributed by atoms with Gasteiger partial charge in [-0.3, -0.25) is 13.9 Å². The van der Waals surface area contributed by atoms with E-state index in [0.29, 0.717) is 25.8 Å². The maximum atomic E-state index is 12.5. The minimum absolute atomic E-state index is 0.0333. The first-order valence-electron chi connectivity index (χ1n) is 14.1. The number of phosphoric acid groups is 3. The second-order valence-corrected chi connectivity index (χ2v) is 15.7. The van der Waals surface area contributed by atoms with Crippen molar-refractivity contribution in [3.05, 3.63) is 22.2 Å². The molecular weight excluding hydrogens is 709 g/mol. The number of aromatic nitrogens is 2. The Labute approximate surface area is 274 Å². The summed E-state index contributed by atoms with van der Waals surface area (Å²) in [7, 11) is -16.8. The van der Waals surface area contributed by atoms with Gasteiger partial charge in [0.05, 0.1) is 24.2 Å². The normalized spacial score (nSPS) is 21.2. The number of carbonyl (C=O) groups excluding carboxylic acids is 2. The molecule has 272 valence electrons. The number of carbonyl (C=O) groups is 2. The lowest BCUT2D eigenvalue weighted by molar-refractivity contribution is -0.146. The Morgan fingerprint density at radius 2 is 1.83 bits per heavy atom. The van der Waals surface area contributed by atoms with Crippen LogP contribution in [0.2, 0.25) is 0 Å². The fourth-order valence-electron chi connectivity index (χ4n) is 3.87. The van der Waals surface area contributed by atoms with Gasteiger partial charge < -0.3 is 49.9 Å². The topological polar surface area (TPSA) is 315 Å². The summed E-state index contributed by atoms with van der Waals surface area (Å²) < 4.78 is 62.6. The predicted octanol–water partition coefficient (Wildman–Crippen LogP) is 1.04. The molecule has 6 atom stereocenters. The lowest BCUT2D eigenvalue weighted by atomic mass is 10.0. The third-order valence-corrected chi connectivity index (χ3v) is 9.76.